The van der Waals surface area contributed by atoms with Crippen LogP contribution in [0.25, 0.3) is 0 Å². The molecular weight excluding hydrogens is 234 g/mol. The summed E-state index contributed by atoms with van der Waals surface area (Å²) in [5.74, 6) is -0.107. The maximum Gasteiger partial charge on any atom is 0.238 e. The molecule has 1 aromatic rings. The number of hydrogen-bond donors (Lipinski definition) is 1. The minimum atomic E-state index is -0.107. The van der Waals surface area contributed by atoms with Crippen molar-refractivity contribution in [3.63, 3.8) is 0 Å². The molecule has 1 aromatic carbocycles. The lowest BCUT2D eigenvalue weighted by molar-refractivity contribution is -0.116. The number of para-hydroxylation sites is 1. The predicted octanol–water partition coefficient (Wildman–Crippen LogP) is 1.80. The van der Waals surface area contributed by atoms with Crippen LogP contribution >= 0.6 is 11.8 Å². The second-order valence-electron chi connectivity index (χ2n) is 3.58. The molecule has 0 aromatic heterocycles. The molecule has 17 heavy (non-hydrogen) atoms. The van der Waals surface area contributed by atoms with Crippen LogP contribution in [-0.4, -0.2) is 37.2 Å². The summed E-state index contributed by atoms with van der Waals surface area (Å²) in [6.07, 6.45) is 1.97. The Balaban J connectivity index is 2.59. The Bertz CT molecular complexity index is 428. The van der Waals surface area contributed by atoms with Crippen molar-refractivity contribution in [1.82, 2.24) is 4.90 Å². The molecule has 0 fully saturated rings. The molecule has 0 heterocycles. The van der Waals surface area contributed by atoms with Crippen LogP contribution in [0.1, 0.15) is 0 Å². The molecule has 0 saturated heterocycles. The van der Waals surface area contributed by atoms with Crippen molar-refractivity contribution in [2.75, 3.05) is 31.7 Å². The van der Waals surface area contributed by atoms with E-state index < -0.39 is 0 Å². The maximum atomic E-state index is 11.7. The van der Waals surface area contributed by atoms with Gasteiger partial charge in [0, 0.05) is 4.90 Å². The van der Waals surface area contributed by atoms with Crippen molar-refractivity contribution in [2.45, 2.75) is 4.90 Å². The van der Waals surface area contributed by atoms with Gasteiger partial charge in [0.2, 0.25) is 5.91 Å². The number of carbonyl (C=O) groups is 1. The molecule has 1 N–H and O–H groups in total. The van der Waals surface area contributed by atoms with Gasteiger partial charge in [-0.3, -0.25) is 9.69 Å². The lowest BCUT2D eigenvalue weighted by atomic mass is 10.3. The van der Waals surface area contributed by atoms with Crippen molar-refractivity contribution < 1.29 is 4.79 Å². The molecule has 5 heteroatoms. The number of hydrogen-bond acceptors (Lipinski definition) is 4. The first kappa shape index (κ1) is 13.6. The molecule has 0 atom stereocenters. The summed E-state index contributed by atoms with van der Waals surface area (Å²) >= 11 is 1.59. The Morgan fingerprint density at radius 3 is 2.88 bits per heavy atom. The molecule has 0 aliphatic heterocycles. The van der Waals surface area contributed by atoms with Gasteiger partial charge in [0.15, 0.2) is 0 Å². The molecule has 90 valence electrons. The number of benzene rings is 1. The predicted molar refractivity (Wildman–Crippen MR) is 70.0 cm³/mol. The van der Waals surface area contributed by atoms with Crippen molar-refractivity contribution in [1.29, 1.82) is 5.26 Å². The van der Waals surface area contributed by atoms with Gasteiger partial charge in [-0.2, -0.15) is 5.26 Å². The van der Waals surface area contributed by atoms with Crippen LogP contribution in [0, 0.1) is 11.3 Å². The smallest absolute Gasteiger partial charge is 0.238 e. The highest BCUT2D eigenvalue weighted by molar-refractivity contribution is 7.98. The zero-order valence-corrected chi connectivity index (χ0v) is 10.8. The molecule has 4 nitrogen and oxygen atoms in total. The first-order valence-electron chi connectivity index (χ1n) is 5.15. The van der Waals surface area contributed by atoms with E-state index >= 15 is 0 Å². The van der Waals surface area contributed by atoms with Crippen LogP contribution in [-0.2, 0) is 4.79 Å². The van der Waals surface area contributed by atoms with E-state index in [-0.39, 0.29) is 19.0 Å². The van der Waals surface area contributed by atoms with Crippen LogP contribution in [0.2, 0.25) is 0 Å². The molecule has 0 spiro atoms. The van der Waals surface area contributed by atoms with Crippen LogP contribution in [0.5, 0.6) is 0 Å². The lowest BCUT2D eigenvalue weighted by Crippen LogP contribution is -2.30. The molecule has 0 aliphatic rings. The average Bonchev–Trinajstić information content (AvgIpc) is 2.29. The SMILES string of the molecule is CSc1ccccc1NC(=O)CN(C)CC#N. The molecule has 1 rings (SSSR count). The number of amides is 1. The average molecular weight is 249 g/mol. The second kappa shape index (κ2) is 6.94. The standard InChI is InChI=1S/C12H15N3OS/c1-15(8-7-13)9-12(16)14-10-5-3-4-6-11(10)17-2/h3-6H,8-9H2,1-2H3,(H,14,16). The van der Waals surface area contributed by atoms with Gasteiger partial charge in [-0.25, -0.2) is 0 Å². The van der Waals surface area contributed by atoms with E-state index in [9.17, 15) is 4.79 Å². The van der Waals surface area contributed by atoms with Gasteiger partial charge >= 0.3 is 0 Å². The van der Waals surface area contributed by atoms with E-state index in [1.165, 1.54) is 0 Å². The van der Waals surface area contributed by atoms with Gasteiger partial charge < -0.3 is 5.32 Å². The number of rotatable bonds is 5. The first-order chi connectivity index (χ1) is 8.17. The molecule has 0 aliphatic carbocycles. The third-order valence-corrected chi connectivity index (χ3v) is 2.93. The molecule has 0 saturated carbocycles. The zero-order chi connectivity index (χ0) is 12.7. The fourth-order valence-corrected chi connectivity index (χ4v) is 1.91. The van der Waals surface area contributed by atoms with Gasteiger partial charge in [-0.15, -0.1) is 11.8 Å². The highest BCUT2D eigenvalue weighted by atomic mass is 32.2. The Kier molecular flexibility index (Phi) is 5.53. The topological polar surface area (TPSA) is 56.1 Å². The van der Waals surface area contributed by atoms with Crippen molar-refractivity contribution in [3.05, 3.63) is 24.3 Å². The molecule has 0 unspecified atom stereocenters. The number of likely N-dealkylation sites (N-methyl/N-ethyl adjacent to an activating group) is 1. The summed E-state index contributed by atoms with van der Waals surface area (Å²) in [5.41, 5.74) is 0.815. The summed E-state index contributed by atoms with van der Waals surface area (Å²) in [4.78, 5) is 14.4. The van der Waals surface area contributed by atoms with Crippen LogP contribution in [0.4, 0.5) is 5.69 Å². The van der Waals surface area contributed by atoms with Crippen molar-refractivity contribution in [2.24, 2.45) is 0 Å². The van der Waals surface area contributed by atoms with Gasteiger partial charge in [-0.1, -0.05) is 12.1 Å². The Labute approximate surface area is 106 Å². The van der Waals surface area contributed by atoms with Gasteiger partial charge in [0.25, 0.3) is 0 Å². The van der Waals surface area contributed by atoms with Crippen molar-refractivity contribution in [3.8, 4) is 6.07 Å². The first-order valence-corrected chi connectivity index (χ1v) is 6.38. The molecular formula is C12H15N3OS. The van der Waals surface area contributed by atoms with Gasteiger partial charge in [-0.05, 0) is 25.4 Å². The van der Waals surface area contributed by atoms with Gasteiger partial charge in [0.05, 0.1) is 24.8 Å². The minimum Gasteiger partial charge on any atom is -0.324 e. The summed E-state index contributed by atoms with van der Waals surface area (Å²) in [6, 6.07) is 9.64. The number of nitriles is 1. The quantitative estimate of drug-likeness (QED) is 0.638. The molecule has 0 bridgehead atoms. The maximum absolute atomic E-state index is 11.7. The minimum absolute atomic E-state index is 0.107. The summed E-state index contributed by atoms with van der Waals surface area (Å²) in [6.45, 7) is 0.466. The fourth-order valence-electron chi connectivity index (χ4n) is 1.36. The zero-order valence-electron chi connectivity index (χ0n) is 9.93. The number of nitrogens with one attached hydrogen (secondary N) is 1. The summed E-state index contributed by atoms with van der Waals surface area (Å²) in [7, 11) is 1.74. The monoisotopic (exact) mass is 249 g/mol. The second-order valence-corrected chi connectivity index (χ2v) is 4.43. The Morgan fingerprint density at radius 1 is 1.53 bits per heavy atom. The highest BCUT2D eigenvalue weighted by Crippen LogP contribution is 2.24. The summed E-state index contributed by atoms with van der Waals surface area (Å²) < 4.78 is 0. The van der Waals surface area contributed by atoms with E-state index in [2.05, 4.69) is 5.32 Å². The van der Waals surface area contributed by atoms with Crippen LogP contribution in [0.15, 0.2) is 29.2 Å². The lowest BCUT2D eigenvalue weighted by Gasteiger charge is -2.13. The Morgan fingerprint density at radius 2 is 2.24 bits per heavy atom. The number of carbonyl (C=O) groups excluding carboxylic acids is 1. The third-order valence-electron chi connectivity index (χ3n) is 2.14. The van der Waals surface area contributed by atoms with Crippen LogP contribution in [0.3, 0.4) is 0 Å². The van der Waals surface area contributed by atoms with E-state index in [1.54, 1.807) is 23.7 Å². The largest absolute Gasteiger partial charge is 0.324 e. The van der Waals surface area contributed by atoms with E-state index in [0.717, 1.165) is 10.6 Å². The highest BCUT2D eigenvalue weighted by Gasteiger charge is 2.08. The molecule has 1 amide bonds. The van der Waals surface area contributed by atoms with E-state index in [4.69, 9.17) is 5.26 Å². The number of nitrogens with zero attached hydrogens (tertiary/aromatic N) is 2. The fraction of sp³-hybridized carbons (Fsp3) is 0.333. The van der Waals surface area contributed by atoms with Gasteiger partial charge in [0.1, 0.15) is 0 Å². The number of anilines is 1. The number of thioether (sulfide) groups is 1. The van der Waals surface area contributed by atoms with Crippen LogP contribution < -0.4 is 5.32 Å². The summed E-state index contributed by atoms with van der Waals surface area (Å²) in [5, 5.41) is 11.3. The normalized spacial score (nSPS) is 10.0. The third kappa shape index (κ3) is 4.47. The van der Waals surface area contributed by atoms with E-state index in [1.807, 2.05) is 36.6 Å². The van der Waals surface area contributed by atoms with E-state index in [0.29, 0.717) is 0 Å². The van der Waals surface area contributed by atoms with Crippen molar-refractivity contribution >= 4 is 23.4 Å². The molecule has 0 radical (unpaired) electrons. The Hall–Kier alpha value is -1.51.